The molecule has 0 saturated heterocycles. The van der Waals surface area contributed by atoms with E-state index in [2.05, 4.69) is 32.9 Å². The highest BCUT2D eigenvalue weighted by molar-refractivity contribution is 5.50. The third-order valence-electron chi connectivity index (χ3n) is 2.82. The third kappa shape index (κ3) is 3.13. The van der Waals surface area contributed by atoms with Crippen molar-refractivity contribution in [3.63, 3.8) is 0 Å². The van der Waals surface area contributed by atoms with Crippen LogP contribution in [0.4, 0.5) is 0 Å². The number of hydrogen-bond acceptors (Lipinski definition) is 1. The van der Waals surface area contributed by atoms with E-state index < -0.39 is 0 Å². The number of carbonyl (C=O) groups excluding carboxylic acids is 1. The summed E-state index contributed by atoms with van der Waals surface area (Å²) in [5.74, 6) is 1.37. The van der Waals surface area contributed by atoms with Gasteiger partial charge >= 0.3 is 0 Å². The molecule has 1 rings (SSSR count). The van der Waals surface area contributed by atoms with Crippen molar-refractivity contribution in [2.75, 3.05) is 0 Å². The van der Waals surface area contributed by atoms with E-state index in [4.69, 9.17) is 0 Å². The van der Waals surface area contributed by atoms with Crippen molar-refractivity contribution in [1.29, 1.82) is 0 Å². The molecule has 0 aromatic heterocycles. The summed E-state index contributed by atoms with van der Waals surface area (Å²) in [5.41, 5.74) is 2.80. The van der Waals surface area contributed by atoms with E-state index in [1.165, 1.54) is 17.6 Å². The van der Waals surface area contributed by atoms with Crippen LogP contribution in [0.1, 0.15) is 40.0 Å². The highest BCUT2D eigenvalue weighted by Crippen LogP contribution is 2.29. The van der Waals surface area contributed by atoms with Crippen LogP contribution in [0.25, 0.3) is 0 Å². The van der Waals surface area contributed by atoms with Crippen LogP contribution in [0.15, 0.2) is 23.3 Å². The Morgan fingerprint density at radius 2 is 2.29 bits per heavy atom. The third-order valence-corrected chi connectivity index (χ3v) is 2.82. The molecule has 0 aromatic carbocycles. The van der Waals surface area contributed by atoms with E-state index in [1.807, 2.05) is 0 Å². The van der Waals surface area contributed by atoms with Gasteiger partial charge in [0.15, 0.2) is 0 Å². The van der Waals surface area contributed by atoms with Gasteiger partial charge in [0, 0.05) is 6.42 Å². The fourth-order valence-electron chi connectivity index (χ4n) is 1.94. The summed E-state index contributed by atoms with van der Waals surface area (Å²) in [7, 11) is 0. The summed E-state index contributed by atoms with van der Waals surface area (Å²) in [4.78, 5) is 10.3. The first-order chi connectivity index (χ1) is 6.63. The average Bonchev–Trinajstić information content (AvgIpc) is 2.14. The zero-order valence-corrected chi connectivity index (χ0v) is 9.42. The van der Waals surface area contributed by atoms with Gasteiger partial charge < -0.3 is 4.79 Å². The summed E-state index contributed by atoms with van der Waals surface area (Å²) in [6, 6.07) is 0. The van der Waals surface area contributed by atoms with Crippen LogP contribution < -0.4 is 0 Å². The van der Waals surface area contributed by atoms with E-state index in [0.717, 1.165) is 12.7 Å². The molecule has 1 atom stereocenters. The van der Waals surface area contributed by atoms with Crippen molar-refractivity contribution in [1.82, 2.24) is 0 Å². The van der Waals surface area contributed by atoms with Crippen molar-refractivity contribution >= 4 is 6.29 Å². The van der Waals surface area contributed by atoms with Crippen LogP contribution in [0.2, 0.25) is 0 Å². The van der Waals surface area contributed by atoms with E-state index >= 15 is 0 Å². The normalized spacial score (nSPS) is 21.9. The fourth-order valence-corrected chi connectivity index (χ4v) is 1.94. The molecule has 1 nitrogen and oxygen atoms in total. The van der Waals surface area contributed by atoms with E-state index in [-0.39, 0.29) is 0 Å². The fraction of sp³-hybridized carbons (Fsp3) is 0.615. The molecule has 14 heavy (non-hydrogen) atoms. The molecule has 0 spiro atoms. The molecular weight excluding hydrogens is 172 g/mol. The Morgan fingerprint density at radius 1 is 1.57 bits per heavy atom. The van der Waals surface area contributed by atoms with Gasteiger partial charge in [-0.25, -0.2) is 0 Å². The van der Waals surface area contributed by atoms with Crippen molar-refractivity contribution in [3.8, 4) is 0 Å². The topological polar surface area (TPSA) is 17.1 Å². The van der Waals surface area contributed by atoms with Crippen LogP contribution >= 0.6 is 0 Å². The minimum absolute atomic E-state index is 0.653. The lowest BCUT2D eigenvalue weighted by atomic mass is 9.83. The number of aldehydes is 1. The maximum atomic E-state index is 10.3. The van der Waals surface area contributed by atoms with E-state index in [1.54, 1.807) is 0 Å². The van der Waals surface area contributed by atoms with Crippen molar-refractivity contribution in [2.45, 2.75) is 40.0 Å². The first-order valence-electron chi connectivity index (χ1n) is 5.45. The first-order valence-corrected chi connectivity index (χ1v) is 5.45. The van der Waals surface area contributed by atoms with Gasteiger partial charge in [0.2, 0.25) is 0 Å². The second-order valence-electron chi connectivity index (χ2n) is 4.55. The largest absolute Gasteiger partial charge is 0.303 e. The molecule has 0 amide bonds. The summed E-state index contributed by atoms with van der Waals surface area (Å²) in [5, 5.41) is 0. The molecule has 0 saturated carbocycles. The predicted molar refractivity (Wildman–Crippen MR) is 60.1 cm³/mol. The number of rotatable bonds is 4. The second-order valence-corrected chi connectivity index (χ2v) is 4.55. The molecule has 1 aliphatic rings. The van der Waals surface area contributed by atoms with E-state index in [9.17, 15) is 4.79 Å². The Morgan fingerprint density at radius 3 is 2.86 bits per heavy atom. The molecular formula is C13H20O. The van der Waals surface area contributed by atoms with Crippen LogP contribution in [-0.2, 0) is 4.79 Å². The minimum Gasteiger partial charge on any atom is -0.303 e. The smallest absolute Gasteiger partial charge is 0.120 e. The van der Waals surface area contributed by atoms with Gasteiger partial charge in [0.05, 0.1) is 0 Å². The van der Waals surface area contributed by atoms with Gasteiger partial charge in [-0.05, 0) is 31.6 Å². The summed E-state index contributed by atoms with van der Waals surface area (Å²) in [6.45, 7) is 6.71. The minimum atomic E-state index is 0.653. The maximum Gasteiger partial charge on any atom is 0.120 e. The lowest BCUT2D eigenvalue weighted by Crippen LogP contribution is -2.10. The second kappa shape index (κ2) is 5.14. The Kier molecular flexibility index (Phi) is 4.12. The van der Waals surface area contributed by atoms with Crippen LogP contribution in [0, 0.1) is 11.8 Å². The Hall–Kier alpha value is -0.850. The number of carbonyl (C=O) groups is 1. The quantitative estimate of drug-likeness (QED) is 0.623. The van der Waals surface area contributed by atoms with Crippen molar-refractivity contribution in [3.05, 3.63) is 23.3 Å². The summed E-state index contributed by atoms with van der Waals surface area (Å²) in [6.07, 6.45) is 8.33. The molecule has 0 aromatic rings. The summed E-state index contributed by atoms with van der Waals surface area (Å²) >= 11 is 0. The highest BCUT2D eigenvalue weighted by atomic mass is 16.1. The van der Waals surface area contributed by atoms with Crippen molar-refractivity contribution in [2.24, 2.45) is 11.8 Å². The van der Waals surface area contributed by atoms with Gasteiger partial charge in [-0.15, -0.1) is 0 Å². The molecule has 0 fully saturated rings. The molecule has 1 aliphatic carbocycles. The molecule has 0 aliphatic heterocycles. The molecule has 0 N–H and O–H groups in total. The molecule has 0 radical (unpaired) electrons. The van der Waals surface area contributed by atoms with E-state index in [0.29, 0.717) is 18.3 Å². The Labute approximate surface area is 86.9 Å². The van der Waals surface area contributed by atoms with Gasteiger partial charge in [-0.2, -0.15) is 0 Å². The van der Waals surface area contributed by atoms with Gasteiger partial charge in [-0.3, -0.25) is 0 Å². The zero-order valence-electron chi connectivity index (χ0n) is 9.42. The van der Waals surface area contributed by atoms with Crippen LogP contribution in [0.3, 0.4) is 0 Å². The Balaban J connectivity index is 2.66. The first kappa shape index (κ1) is 11.2. The zero-order chi connectivity index (χ0) is 10.6. The van der Waals surface area contributed by atoms with Gasteiger partial charge in [0.25, 0.3) is 0 Å². The molecule has 0 heterocycles. The monoisotopic (exact) mass is 192 g/mol. The SMILES string of the molecule is CC1=CC(CCC=O)=CC(C(C)C)C1. The molecule has 1 heteroatoms. The number of allylic oxidation sites excluding steroid dienone is 4. The van der Waals surface area contributed by atoms with Crippen LogP contribution in [-0.4, -0.2) is 6.29 Å². The molecule has 78 valence electrons. The van der Waals surface area contributed by atoms with Crippen molar-refractivity contribution < 1.29 is 4.79 Å². The van der Waals surface area contributed by atoms with Gasteiger partial charge in [-0.1, -0.05) is 37.1 Å². The molecule has 0 bridgehead atoms. The molecule has 1 unspecified atom stereocenters. The lowest BCUT2D eigenvalue weighted by Gasteiger charge is -2.23. The standard InChI is InChI=1S/C13H20O/c1-10(2)13-8-11(3)7-12(9-13)5-4-6-14/h6-7,9-10,13H,4-5,8H2,1-3H3. The lowest BCUT2D eigenvalue weighted by molar-refractivity contribution is -0.107. The summed E-state index contributed by atoms with van der Waals surface area (Å²) < 4.78 is 0. The van der Waals surface area contributed by atoms with Crippen LogP contribution in [0.5, 0.6) is 0 Å². The maximum absolute atomic E-state index is 10.3. The van der Waals surface area contributed by atoms with Gasteiger partial charge in [0.1, 0.15) is 6.29 Å². The predicted octanol–water partition coefficient (Wildman–Crippen LogP) is 3.51. The highest BCUT2D eigenvalue weighted by Gasteiger charge is 2.15. The Bertz CT molecular complexity index is 258. The number of hydrogen-bond donors (Lipinski definition) is 0. The average molecular weight is 192 g/mol.